The lowest BCUT2D eigenvalue weighted by atomic mass is 10.00. The second-order valence-corrected chi connectivity index (χ2v) is 6.65. The minimum Gasteiger partial charge on any atom is -0.496 e. The molecule has 0 radical (unpaired) electrons. The number of methoxy groups -OCH3 is 1. The molecule has 2 aromatic carbocycles. The van der Waals surface area contributed by atoms with Gasteiger partial charge in [-0.3, -0.25) is 0 Å². The molecule has 0 aliphatic heterocycles. The number of pyridine rings is 1. The molecule has 1 heterocycles. The van der Waals surface area contributed by atoms with Crippen LogP contribution in [0, 0.1) is 6.92 Å². The Labute approximate surface area is 176 Å². The van der Waals surface area contributed by atoms with Crippen LogP contribution in [0.25, 0.3) is 11.1 Å². The number of benzene rings is 2. The van der Waals surface area contributed by atoms with E-state index in [9.17, 15) is 23.1 Å². The van der Waals surface area contributed by atoms with Crippen LogP contribution in [0.15, 0.2) is 54.7 Å². The van der Waals surface area contributed by atoms with E-state index in [4.69, 9.17) is 4.74 Å². The number of anilines is 1. The molecular formula is C22H19F3N2O4. The monoisotopic (exact) mass is 432 g/mol. The van der Waals surface area contributed by atoms with E-state index < -0.39 is 12.3 Å². The van der Waals surface area contributed by atoms with Gasteiger partial charge in [0.05, 0.1) is 7.11 Å². The normalized spacial score (nSPS) is 11.1. The van der Waals surface area contributed by atoms with Crippen molar-refractivity contribution in [1.29, 1.82) is 0 Å². The van der Waals surface area contributed by atoms with Crippen molar-refractivity contribution in [3.63, 3.8) is 0 Å². The second kappa shape index (κ2) is 8.95. The van der Waals surface area contributed by atoms with Gasteiger partial charge in [-0.2, -0.15) is 0 Å². The number of nitrogens with one attached hydrogen (secondary N) is 1. The van der Waals surface area contributed by atoms with Crippen LogP contribution < -0.4 is 14.8 Å². The predicted octanol–water partition coefficient (Wildman–Crippen LogP) is 5.27. The molecule has 0 bridgehead atoms. The molecule has 0 aliphatic rings. The minimum atomic E-state index is -4.75. The summed E-state index contributed by atoms with van der Waals surface area (Å²) in [5.74, 6) is -0.605. The second-order valence-electron chi connectivity index (χ2n) is 6.65. The van der Waals surface area contributed by atoms with Crippen LogP contribution in [-0.4, -0.2) is 29.5 Å². The highest BCUT2D eigenvalue weighted by Gasteiger charge is 2.31. The van der Waals surface area contributed by atoms with Crippen LogP contribution in [0.5, 0.6) is 11.5 Å². The molecule has 0 atom stereocenters. The molecule has 162 valence electrons. The Hall–Kier alpha value is -3.75. The maximum absolute atomic E-state index is 12.4. The van der Waals surface area contributed by atoms with Gasteiger partial charge >= 0.3 is 12.3 Å². The Morgan fingerprint density at radius 3 is 2.58 bits per heavy atom. The molecule has 0 saturated heterocycles. The Morgan fingerprint density at radius 2 is 1.94 bits per heavy atom. The number of ether oxygens (including phenoxy) is 2. The van der Waals surface area contributed by atoms with Crippen molar-refractivity contribution in [2.75, 3.05) is 12.4 Å². The summed E-state index contributed by atoms with van der Waals surface area (Å²) in [5, 5.41) is 12.4. The summed E-state index contributed by atoms with van der Waals surface area (Å²) in [6.07, 6.45) is -3.14. The molecule has 0 amide bonds. The summed E-state index contributed by atoms with van der Waals surface area (Å²) in [6, 6.07) is 12.3. The number of nitrogens with zero attached hydrogens (tertiary/aromatic N) is 1. The third-order valence-electron chi connectivity index (χ3n) is 4.46. The molecule has 2 N–H and O–H groups in total. The van der Waals surface area contributed by atoms with Crippen LogP contribution in [0.1, 0.15) is 21.5 Å². The lowest BCUT2D eigenvalue weighted by molar-refractivity contribution is -0.274. The number of halogens is 3. The molecule has 9 heteroatoms. The highest BCUT2D eigenvalue weighted by Crippen LogP contribution is 2.29. The van der Waals surface area contributed by atoms with Gasteiger partial charge < -0.3 is 19.9 Å². The van der Waals surface area contributed by atoms with E-state index in [1.165, 1.54) is 31.4 Å². The number of rotatable bonds is 7. The zero-order chi connectivity index (χ0) is 22.6. The number of carboxylic acid groups (broad SMARTS) is 1. The lowest BCUT2D eigenvalue weighted by Gasteiger charge is -2.13. The van der Waals surface area contributed by atoms with E-state index in [0.717, 1.165) is 11.1 Å². The summed E-state index contributed by atoms with van der Waals surface area (Å²) in [5.41, 5.74) is 2.89. The molecule has 3 aromatic rings. The Balaban J connectivity index is 1.76. The van der Waals surface area contributed by atoms with Gasteiger partial charge in [0.25, 0.3) is 0 Å². The van der Waals surface area contributed by atoms with E-state index in [0.29, 0.717) is 16.9 Å². The van der Waals surface area contributed by atoms with Crippen molar-refractivity contribution in [3.05, 3.63) is 71.4 Å². The van der Waals surface area contributed by atoms with Crippen molar-refractivity contribution in [1.82, 2.24) is 4.98 Å². The zero-order valence-electron chi connectivity index (χ0n) is 16.7. The van der Waals surface area contributed by atoms with Crippen molar-refractivity contribution in [2.24, 2.45) is 0 Å². The van der Waals surface area contributed by atoms with Crippen molar-refractivity contribution >= 4 is 11.8 Å². The predicted molar refractivity (Wildman–Crippen MR) is 108 cm³/mol. The molecule has 0 aliphatic carbocycles. The number of hydrogen-bond acceptors (Lipinski definition) is 5. The molecule has 1 aromatic heterocycles. The summed E-state index contributed by atoms with van der Waals surface area (Å²) in [6.45, 7) is 2.09. The number of carbonyl (C=O) groups is 1. The van der Waals surface area contributed by atoms with Gasteiger partial charge in [-0.05, 0) is 53.9 Å². The maximum atomic E-state index is 12.4. The van der Waals surface area contributed by atoms with Crippen LogP contribution >= 0.6 is 0 Å². The van der Waals surface area contributed by atoms with Gasteiger partial charge in [0.15, 0.2) is 0 Å². The summed E-state index contributed by atoms with van der Waals surface area (Å²) >= 11 is 0. The molecule has 31 heavy (non-hydrogen) atoms. The topological polar surface area (TPSA) is 80.7 Å². The number of aryl methyl sites for hydroxylation is 1. The van der Waals surface area contributed by atoms with Gasteiger partial charge in [-0.15, -0.1) is 13.2 Å². The highest BCUT2D eigenvalue weighted by atomic mass is 19.4. The van der Waals surface area contributed by atoms with E-state index in [1.807, 2.05) is 6.92 Å². The van der Waals surface area contributed by atoms with E-state index >= 15 is 0 Å². The Kier molecular flexibility index (Phi) is 6.33. The molecule has 6 nitrogen and oxygen atoms in total. The van der Waals surface area contributed by atoms with Crippen molar-refractivity contribution in [3.8, 4) is 22.6 Å². The van der Waals surface area contributed by atoms with Crippen LogP contribution in [-0.2, 0) is 6.54 Å². The van der Waals surface area contributed by atoms with Gasteiger partial charge in [0.2, 0.25) is 0 Å². The summed E-state index contributed by atoms with van der Waals surface area (Å²) in [4.78, 5) is 15.8. The standard InChI is InChI=1S/C22H19F3N2O4/c1-13-8-20(26-11-14-4-3-5-16(9-14)31-22(23,24)25)27-12-18(13)15-6-7-19(30-2)17(10-15)21(28)29/h3-10,12H,11H2,1-2H3,(H,26,27)(H,28,29). The first-order chi connectivity index (χ1) is 14.7. The van der Waals surface area contributed by atoms with Gasteiger partial charge in [0, 0.05) is 18.3 Å². The first-order valence-electron chi connectivity index (χ1n) is 9.13. The Morgan fingerprint density at radius 1 is 1.16 bits per heavy atom. The van der Waals surface area contributed by atoms with E-state index in [1.54, 1.807) is 30.5 Å². The third kappa shape index (κ3) is 5.65. The summed E-state index contributed by atoms with van der Waals surface area (Å²) < 4.78 is 46.1. The molecule has 0 saturated carbocycles. The maximum Gasteiger partial charge on any atom is 0.573 e. The van der Waals surface area contributed by atoms with Crippen molar-refractivity contribution < 1.29 is 32.5 Å². The average Bonchev–Trinajstić information content (AvgIpc) is 2.71. The number of hydrogen-bond donors (Lipinski definition) is 2. The molecular weight excluding hydrogens is 413 g/mol. The van der Waals surface area contributed by atoms with Crippen LogP contribution in [0.2, 0.25) is 0 Å². The number of alkyl halides is 3. The fourth-order valence-electron chi connectivity index (χ4n) is 3.04. The Bertz CT molecular complexity index is 1100. The fourth-order valence-corrected chi connectivity index (χ4v) is 3.04. The van der Waals surface area contributed by atoms with Gasteiger partial charge in [0.1, 0.15) is 22.9 Å². The molecule has 0 fully saturated rings. The summed E-state index contributed by atoms with van der Waals surface area (Å²) in [7, 11) is 1.40. The first-order valence-corrected chi connectivity index (χ1v) is 9.13. The smallest absolute Gasteiger partial charge is 0.496 e. The van der Waals surface area contributed by atoms with E-state index in [2.05, 4.69) is 15.0 Å². The largest absolute Gasteiger partial charge is 0.573 e. The van der Waals surface area contributed by atoms with Crippen molar-refractivity contribution in [2.45, 2.75) is 19.8 Å². The number of aromatic carboxylic acids is 1. The quantitative estimate of drug-likeness (QED) is 0.529. The molecule has 0 spiro atoms. The zero-order valence-corrected chi connectivity index (χ0v) is 16.7. The lowest BCUT2D eigenvalue weighted by Crippen LogP contribution is -2.17. The third-order valence-corrected chi connectivity index (χ3v) is 4.46. The number of carboxylic acids is 1. The van der Waals surface area contributed by atoms with Crippen LogP contribution in [0.3, 0.4) is 0 Å². The average molecular weight is 432 g/mol. The van der Waals surface area contributed by atoms with E-state index in [-0.39, 0.29) is 23.6 Å². The van der Waals surface area contributed by atoms with Gasteiger partial charge in [-0.25, -0.2) is 9.78 Å². The highest BCUT2D eigenvalue weighted by molar-refractivity contribution is 5.92. The SMILES string of the molecule is COc1ccc(-c2cnc(NCc3cccc(OC(F)(F)F)c3)cc2C)cc1C(=O)O. The first kappa shape index (κ1) is 21.9. The van der Waals surface area contributed by atoms with Crippen LogP contribution in [0.4, 0.5) is 19.0 Å². The molecule has 3 rings (SSSR count). The molecule has 0 unspecified atom stereocenters. The number of aromatic nitrogens is 1. The minimum absolute atomic E-state index is 0.0440. The van der Waals surface area contributed by atoms with Gasteiger partial charge in [-0.1, -0.05) is 18.2 Å². The fraction of sp³-hybridized carbons (Fsp3) is 0.182.